The van der Waals surface area contributed by atoms with E-state index in [2.05, 4.69) is 9.71 Å². The Morgan fingerprint density at radius 3 is 2.64 bits per heavy atom. The summed E-state index contributed by atoms with van der Waals surface area (Å²) in [6.45, 7) is 2.34. The molecule has 22 heavy (non-hydrogen) atoms. The minimum atomic E-state index is -3.86. The fourth-order valence-corrected chi connectivity index (χ4v) is 3.35. The molecule has 1 aromatic heterocycles. The van der Waals surface area contributed by atoms with Crippen LogP contribution in [-0.4, -0.2) is 25.9 Å². The van der Waals surface area contributed by atoms with Gasteiger partial charge in [0.1, 0.15) is 5.75 Å². The van der Waals surface area contributed by atoms with Crippen LogP contribution in [0.25, 0.3) is 0 Å². The summed E-state index contributed by atoms with van der Waals surface area (Å²) in [5, 5.41) is 1.83. The number of amides is 1. The molecule has 0 unspecified atom stereocenters. The van der Waals surface area contributed by atoms with E-state index in [1.165, 1.54) is 23.5 Å². The first-order valence-corrected chi connectivity index (χ1v) is 9.09. The van der Waals surface area contributed by atoms with Gasteiger partial charge in [0.05, 0.1) is 22.7 Å². The van der Waals surface area contributed by atoms with Gasteiger partial charge in [-0.15, -0.1) is 11.3 Å². The summed E-state index contributed by atoms with van der Waals surface area (Å²) in [6, 6.07) is 5.91. The van der Waals surface area contributed by atoms with E-state index in [0.29, 0.717) is 18.8 Å². The van der Waals surface area contributed by atoms with Crippen LogP contribution in [0.5, 0.6) is 5.75 Å². The van der Waals surface area contributed by atoms with E-state index in [-0.39, 0.29) is 11.3 Å². The monoisotopic (exact) mass is 340 g/mol. The van der Waals surface area contributed by atoms with Gasteiger partial charge in [0, 0.05) is 11.8 Å². The summed E-state index contributed by atoms with van der Waals surface area (Å²) >= 11 is 1.43. The Morgan fingerprint density at radius 1 is 1.32 bits per heavy atom. The van der Waals surface area contributed by atoms with Crippen molar-refractivity contribution < 1.29 is 17.9 Å². The lowest BCUT2D eigenvalue weighted by Gasteiger charge is -2.08. The third-order valence-electron chi connectivity index (χ3n) is 2.78. The van der Waals surface area contributed by atoms with Crippen LogP contribution in [0.15, 0.2) is 40.1 Å². The molecular formula is C14H16N2O4S2. The molecule has 1 N–H and O–H groups in total. The van der Waals surface area contributed by atoms with E-state index in [0.717, 1.165) is 5.69 Å². The Bertz CT molecular complexity index is 710. The Labute approximate surface area is 133 Å². The molecule has 118 valence electrons. The zero-order valence-corrected chi connectivity index (χ0v) is 13.6. The van der Waals surface area contributed by atoms with Crippen molar-refractivity contribution in [2.45, 2.75) is 24.7 Å². The van der Waals surface area contributed by atoms with Gasteiger partial charge in [0.25, 0.3) is 10.0 Å². The molecule has 0 atom stereocenters. The van der Waals surface area contributed by atoms with Crippen LogP contribution in [-0.2, 0) is 21.2 Å². The summed E-state index contributed by atoms with van der Waals surface area (Å²) in [6.07, 6.45) is 0.480. The van der Waals surface area contributed by atoms with Crippen molar-refractivity contribution in [3.63, 3.8) is 0 Å². The van der Waals surface area contributed by atoms with Crippen LogP contribution in [0.4, 0.5) is 0 Å². The van der Waals surface area contributed by atoms with Gasteiger partial charge in [-0.2, -0.15) is 0 Å². The van der Waals surface area contributed by atoms with Crippen LogP contribution in [0.3, 0.4) is 0 Å². The lowest BCUT2D eigenvalue weighted by molar-refractivity contribution is -0.119. The van der Waals surface area contributed by atoms with Gasteiger partial charge in [-0.3, -0.25) is 4.79 Å². The van der Waals surface area contributed by atoms with Crippen molar-refractivity contribution >= 4 is 27.3 Å². The molecule has 1 heterocycles. The quantitative estimate of drug-likeness (QED) is 0.833. The molecular weight excluding hydrogens is 324 g/mol. The molecule has 0 bridgehead atoms. The number of ether oxygens (including phenoxy) is 1. The standard InChI is InChI=1S/C14H16N2O4S2/c1-2-20-12-4-6-13(7-5-12)22(18,19)16-14(17)8-3-11-9-21-10-15-11/h4-7,9-10H,2-3,8H2,1H3,(H,16,17). The largest absolute Gasteiger partial charge is 0.494 e. The number of rotatable bonds is 7. The molecule has 0 fully saturated rings. The number of nitrogens with one attached hydrogen (secondary N) is 1. The molecule has 8 heteroatoms. The van der Waals surface area contributed by atoms with E-state index in [1.54, 1.807) is 17.6 Å². The maximum Gasteiger partial charge on any atom is 0.264 e. The van der Waals surface area contributed by atoms with Crippen LogP contribution in [0.2, 0.25) is 0 Å². The number of thiazole rings is 1. The molecule has 2 rings (SSSR count). The van der Waals surface area contributed by atoms with E-state index in [9.17, 15) is 13.2 Å². The number of hydrogen-bond acceptors (Lipinski definition) is 6. The fourth-order valence-electron chi connectivity index (χ4n) is 1.74. The normalized spacial score (nSPS) is 11.1. The second kappa shape index (κ2) is 7.37. The molecule has 0 aliphatic carbocycles. The summed E-state index contributed by atoms with van der Waals surface area (Å²) in [7, 11) is -3.86. The van der Waals surface area contributed by atoms with Crippen LogP contribution < -0.4 is 9.46 Å². The summed E-state index contributed by atoms with van der Waals surface area (Å²) < 4.78 is 31.5. The molecule has 0 aliphatic heterocycles. The first kappa shape index (κ1) is 16.4. The smallest absolute Gasteiger partial charge is 0.264 e. The van der Waals surface area contributed by atoms with Crippen molar-refractivity contribution in [1.29, 1.82) is 0 Å². The van der Waals surface area contributed by atoms with Crippen molar-refractivity contribution in [2.75, 3.05) is 6.61 Å². The predicted molar refractivity (Wildman–Crippen MR) is 83.4 cm³/mol. The number of benzene rings is 1. The van der Waals surface area contributed by atoms with Gasteiger partial charge in [-0.1, -0.05) is 0 Å². The minimum absolute atomic E-state index is 0.0259. The second-order valence-electron chi connectivity index (χ2n) is 4.41. The Kier molecular flexibility index (Phi) is 5.51. The fraction of sp³-hybridized carbons (Fsp3) is 0.286. The number of aryl methyl sites for hydroxylation is 1. The third kappa shape index (κ3) is 4.54. The van der Waals surface area contributed by atoms with Gasteiger partial charge in [-0.25, -0.2) is 18.1 Å². The molecule has 0 saturated heterocycles. The molecule has 2 aromatic rings. The number of sulfonamides is 1. The molecule has 0 radical (unpaired) electrons. The minimum Gasteiger partial charge on any atom is -0.494 e. The zero-order chi connectivity index (χ0) is 16.0. The van der Waals surface area contributed by atoms with Crippen LogP contribution in [0.1, 0.15) is 19.0 Å². The molecule has 1 aromatic carbocycles. The van der Waals surface area contributed by atoms with Crippen LogP contribution >= 0.6 is 11.3 Å². The lowest BCUT2D eigenvalue weighted by Crippen LogP contribution is -2.30. The second-order valence-corrected chi connectivity index (χ2v) is 6.81. The van der Waals surface area contributed by atoms with Crippen molar-refractivity contribution in [3.8, 4) is 5.75 Å². The van der Waals surface area contributed by atoms with E-state index < -0.39 is 15.9 Å². The predicted octanol–water partition coefficient (Wildman–Crippen LogP) is 1.98. The maximum atomic E-state index is 12.1. The summed E-state index contributed by atoms with van der Waals surface area (Å²) in [5.41, 5.74) is 2.45. The van der Waals surface area contributed by atoms with Crippen molar-refractivity contribution in [1.82, 2.24) is 9.71 Å². The molecule has 1 amide bonds. The Hall–Kier alpha value is -1.93. The lowest BCUT2D eigenvalue weighted by atomic mass is 10.2. The van der Waals surface area contributed by atoms with E-state index in [1.807, 2.05) is 12.3 Å². The molecule has 0 aliphatic rings. The number of carbonyl (C=O) groups is 1. The number of hydrogen-bond donors (Lipinski definition) is 1. The molecule has 0 saturated carbocycles. The van der Waals surface area contributed by atoms with Gasteiger partial charge in [-0.05, 0) is 37.6 Å². The topological polar surface area (TPSA) is 85.4 Å². The SMILES string of the molecule is CCOc1ccc(S(=O)(=O)NC(=O)CCc2cscn2)cc1. The van der Waals surface area contributed by atoms with Crippen molar-refractivity contribution in [3.05, 3.63) is 40.8 Å². The summed E-state index contributed by atoms with van der Waals surface area (Å²) in [4.78, 5) is 15.8. The zero-order valence-electron chi connectivity index (χ0n) is 12.0. The van der Waals surface area contributed by atoms with Crippen molar-refractivity contribution in [2.24, 2.45) is 0 Å². The van der Waals surface area contributed by atoms with Gasteiger partial charge in [0.15, 0.2) is 0 Å². The Morgan fingerprint density at radius 2 is 2.05 bits per heavy atom. The average Bonchev–Trinajstić information content (AvgIpc) is 2.99. The van der Waals surface area contributed by atoms with Gasteiger partial charge < -0.3 is 4.74 Å². The first-order chi connectivity index (χ1) is 10.5. The summed E-state index contributed by atoms with van der Waals surface area (Å²) in [5.74, 6) is 0.0261. The first-order valence-electron chi connectivity index (χ1n) is 6.67. The Balaban J connectivity index is 1.96. The highest BCUT2D eigenvalue weighted by Gasteiger charge is 2.17. The highest BCUT2D eigenvalue weighted by atomic mass is 32.2. The number of nitrogens with zero attached hydrogens (tertiary/aromatic N) is 1. The number of carbonyl (C=O) groups excluding carboxylic acids is 1. The van der Waals surface area contributed by atoms with Crippen LogP contribution in [0, 0.1) is 0 Å². The number of aromatic nitrogens is 1. The van der Waals surface area contributed by atoms with Gasteiger partial charge in [0.2, 0.25) is 5.91 Å². The van der Waals surface area contributed by atoms with Gasteiger partial charge >= 0.3 is 0 Å². The molecule has 0 spiro atoms. The third-order valence-corrected chi connectivity index (χ3v) is 4.81. The highest BCUT2D eigenvalue weighted by Crippen LogP contribution is 2.16. The maximum absolute atomic E-state index is 12.1. The average molecular weight is 340 g/mol. The molecule has 6 nitrogen and oxygen atoms in total. The van der Waals surface area contributed by atoms with E-state index in [4.69, 9.17) is 4.74 Å². The highest BCUT2D eigenvalue weighted by molar-refractivity contribution is 7.90. The van der Waals surface area contributed by atoms with E-state index >= 15 is 0 Å².